The quantitative estimate of drug-likeness (QED) is 0.545. The standard InChI is InChI=1S/C24H25ClN2O/c1-3-16-9-5-8-12-22(16)27(4-2)24(28)17-13-14-19-21(15-17)26-20-11-7-6-10-18(20)23(19)25/h5,8-9,12-15H,3-4,6-7,10-11H2,1-2H3. The summed E-state index contributed by atoms with van der Waals surface area (Å²) in [6.07, 6.45) is 5.17. The molecule has 0 aliphatic heterocycles. The number of benzene rings is 2. The molecule has 1 heterocycles. The molecule has 0 atom stereocenters. The topological polar surface area (TPSA) is 33.2 Å². The van der Waals surface area contributed by atoms with Crippen molar-refractivity contribution < 1.29 is 4.79 Å². The fourth-order valence-corrected chi connectivity index (χ4v) is 4.52. The number of para-hydroxylation sites is 1. The van der Waals surface area contributed by atoms with Gasteiger partial charge in [0.05, 0.1) is 10.5 Å². The second kappa shape index (κ2) is 7.92. The predicted molar refractivity (Wildman–Crippen MR) is 117 cm³/mol. The second-order valence-corrected chi connectivity index (χ2v) is 7.70. The maximum Gasteiger partial charge on any atom is 0.258 e. The highest BCUT2D eigenvalue weighted by Gasteiger charge is 2.21. The zero-order chi connectivity index (χ0) is 19.7. The van der Waals surface area contributed by atoms with Crippen LogP contribution in [0.25, 0.3) is 10.9 Å². The van der Waals surface area contributed by atoms with Crippen molar-refractivity contribution in [3.05, 3.63) is 69.9 Å². The molecule has 0 saturated carbocycles. The highest BCUT2D eigenvalue weighted by Crippen LogP contribution is 2.33. The summed E-state index contributed by atoms with van der Waals surface area (Å²) in [5.41, 5.74) is 5.90. The Hall–Kier alpha value is -2.39. The van der Waals surface area contributed by atoms with Gasteiger partial charge in [0.2, 0.25) is 0 Å². The summed E-state index contributed by atoms with van der Waals surface area (Å²) < 4.78 is 0. The van der Waals surface area contributed by atoms with Crippen LogP contribution in [-0.2, 0) is 19.3 Å². The number of pyridine rings is 1. The maximum absolute atomic E-state index is 13.3. The van der Waals surface area contributed by atoms with Crippen LogP contribution in [0.3, 0.4) is 0 Å². The minimum absolute atomic E-state index is 0.000873. The van der Waals surface area contributed by atoms with Crippen molar-refractivity contribution in [3.63, 3.8) is 0 Å². The fraction of sp³-hybridized carbons (Fsp3) is 0.333. The number of halogens is 1. The molecule has 0 radical (unpaired) electrons. The van der Waals surface area contributed by atoms with E-state index in [-0.39, 0.29) is 5.91 Å². The summed E-state index contributed by atoms with van der Waals surface area (Å²) in [5.74, 6) is 0.000873. The number of anilines is 1. The van der Waals surface area contributed by atoms with E-state index < -0.39 is 0 Å². The first-order valence-corrected chi connectivity index (χ1v) is 10.5. The first kappa shape index (κ1) is 18.9. The van der Waals surface area contributed by atoms with Crippen molar-refractivity contribution in [2.45, 2.75) is 46.0 Å². The first-order valence-electron chi connectivity index (χ1n) is 10.1. The summed E-state index contributed by atoms with van der Waals surface area (Å²) in [6, 6.07) is 13.8. The molecule has 3 aromatic rings. The van der Waals surface area contributed by atoms with Crippen molar-refractivity contribution in [2.75, 3.05) is 11.4 Å². The number of carbonyl (C=O) groups is 1. The monoisotopic (exact) mass is 392 g/mol. The molecule has 3 nitrogen and oxygen atoms in total. The van der Waals surface area contributed by atoms with Crippen LogP contribution < -0.4 is 4.90 Å². The van der Waals surface area contributed by atoms with E-state index in [0.29, 0.717) is 12.1 Å². The largest absolute Gasteiger partial charge is 0.308 e. The third-order valence-electron chi connectivity index (χ3n) is 5.66. The van der Waals surface area contributed by atoms with E-state index in [0.717, 1.165) is 53.0 Å². The van der Waals surface area contributed by atoms with Crippen molar-refractivity contribution in [1.82, 2.24) is 4.98 Å². The smallest absolute Gasteiger partial charge is 0.258 e. The molecule has 1 aliphatic carbocycles. The van der Waals surface area contributed by atoms with E-state index in [1.54, 1.807) is 0 Å². The van der Waals surface area contributed by atoms with E-state index >= 15 is 0 Å². The molecule has 0 N–H and O–H groups in total. The van der Waals surface area contributed by atoms with Crippen molar-refractivity contribution in [1.29, 1.82) is 0 Å². The molecular formula is C24H25ClN2O. The summed E-state index contributed by atoms with van der Waals surface area (Å²) in [6.45, 7) is 4.74. The number of aromatic nitrogens is 1. The van der Waals surface area contributed by atoms with Crippen LogP contribution in [0, 0.1) is 0 Å². The van der Waals surface area contributed by atoms with Gasteiger partial charge in [-0.05, 0) is 68.4 Å². The van der Waals surface area contributed by atoms with Crippen LogP contribution in [0.4, 0.5) is 5.69 Å². The molecule has 0 bridgehead atoms. The summed E-state index contributed by atoms with van der Waals surface area (Å²) >= 11 is 6.68. The Bertz CT molecular complexity index is 1040. The Kier molecular flexibility index (Phi) is 5.36. The lowest BCUT2D eigenvalue weighted by Gasteiger charge is -2.24. The molecule has 28 heavy (non-hydrogen) atoms. The Morgan fingerprint density at radius 3 is 2.68 bits per heavy atom. The van der Waals surface area contributed by atoms with Gasteiger partial charge >= 0.3 is 0 Å². The molecule has 0 saturated heterocycles. The highest BCUT2D eigenvalue weighted by molar-refractivity contribution is 6.36. The molecule has 0 spiro atoms. The first-order chi connectivity index (χ1) is 13.6. The van der Waals surface area contributed by atoms with E-state index in [4.69, 9.17) is 16.6 Å². The second-order valence-electron chi connectivity index (χ2n) is 7.32. The van der Waals surface area contributed by atoms with Crippen LogP contribution in [0.5, 0.6) is 0 Å². The average molecular weight is 393 g/mol. The van der Waals surface area contributed by atoms with Gasteiger partial charge in [0.25, 0.3) is 5.91 Å². The molecule has 2 aromatic carbocycles. The van der Waals surface area contributed by atoms with Gasteiger partial charge in [-0.2, -0.15) is 0 Å². The minimum atomic E-state index is 0.000873. The van der Waals surface area contributed by atoms with Crippen LogP contribution in [-0.4, -0.2) is 17.4 Å². The molecular weight excluding hydrogens is 368 g/mol. The predicted octanol–water partition coefficient (Wildman–Crippen LogP) is 6.00. The van der Waals surface area contributed by atoms with E-state index in [1.807, 2.05) is 48.2 Å². The van der Waals surface area contributed by atoms with Gasteiger partial charge in [-0.3, -0.25) is 9.78 Å². The Labute approximate surface area is 171 Å². The molecule has 4 rings (SSSR count). The number of nitrogens with zero attached hydrogens (tertiary/aromatic N) is 2. The lowest BCUT2D eigenvalue weighted by Crippen LogP contribution is -2.31. The van der Waals surface area contributed by atoms with E-state index in [9.17, 15) is 4.79 Å². The van der Waals surface area contributed by atoms with Gasteiger partial charge in [0, 0.05) is 28.9 Å². The van der Waals surface area contributed by atoms with Gasteiger partial charge in [0.15, 0.2) is 0 Å². The average Bonchev–Trinajstić information content (AvgIpc) is 2.74. The maximum atomic E-state index is 13.3. The van der Waals surface area contributed by atoms with Crippen LogP contribution in [0.2, 0.25) is 5.02 Å². The van der Waals surface area contributed by atoms with E-state index in [1.165, 1.54) is 17.5 Å². The number of hydrogen-bond donors (Lipinski definition) is 0. The molecule has 1 aromatic heterocycles. The third-order valence-corrected chi connectivity index (χ3v) is 6.10. The summed E-state index contributed by atoms with van der Waals surface area (Å²) in [4.78, 5) is 20.0. The Morgan fingerprint density at radius 2 is 1.89 bits per heavy atom. The van der Waals surface area contributed by atoms with Crippen molar-refractivity contribution in [2.24, 2.45) is 0 Å². The van der Waals surface area contributed by atoms with Gasteiger partial charge < -0.3 is 4.90 Å². The number of aryl methyl sites for hydroxylation is 2. The Balaban J connectivity index is 1.76. The lowest BCUT2D eigenvalue weighted by atomic mass is 9.94. The molecule has 0 fully saturated rings. The summed E-state index contributed by atoms with van der Waals surface area (Å²) in [7, 11) is 0. The zero-order valence-corrected chi connectivity index (χ0v) is 17.2. The lowest BCUT2D eigenvalue weighted by molar-refractivity contribution is 0.0988. The number of amides is 1. The number of fused-ring (bicyclic) bond motifs is 2. The third kappa shape index (κ3) is 3.29. The van der Waals surface area contributed by atoms with Crippen LogP contribution in [0.1, 0.15) is 53.9 Å². The normalized spacial score (nSPS) is 13.4. The van der Waals surface area contributed by atoms with Crippen molar-refractivity contribution in [3.8, 4) is 0 Å². The van der Waals surface area contributed by atoms with Gasteiger partial charge in [0.1, 0.15) is 0 Å². The molecule has 1 aliphatic rings. The number of carbonyl (C=O) groups excluding carboxylic acids is 1. The fourth-order valence-electron chi connectivity index (χ4n) is 4.15. The van der Waals surface area contributed by atoms with Gasteiger partial charge in [-0.25, -0.2) is 0 Å². The van der Waals surface area contributed by atoms with Crippen LogP contribution >= 0.6 is 11.6 Å². The molecule has 4 heteroatoms. The number of rotatable bonds is 4. The molecule has 1 amide bonds. The molecule has 144 valence electrons. The Morgan fingerprint density at radius 1 is 1.11 bits per heavy atom. The van der Waals surface area contributed by atoms with E-state index in [2.05, 4.69) is 13.0 Å². The zero-order valence-electron chi connectivity index (χ0n) is 16.5. The van der Waals surface area contributed by atoms with Crippen molar-refractivity contribution >= 4 is 34.1 Å². The van der Waals surface area contributed by atoms with Crippen LogP contribution in [0.15, 0.2) is 42.5 Å². The number of hydrogen-bond acceptors (Lipinski definition) is 2. The SMILES string of the molecule is CCc1ccccc1N(CC)C(=O)c1ccc2c(Cl)c3c(nc2c1)CCCC3. The summed E-state index contributed by atoms with van der Waals surface area (Å²) in [5, 5.41) is 1.75. The highest BCUT2D eigenvalue weighted by atomic mass is 35.5. The van der Waals surface area contributed by atoms with Gasteiger partial charge in [-0.15, -0.1) is 0 Å². The molecule has 0 unspecified atom stereocenters. The minimum Gasteiger partial charge on any atom is -0.308 e. The van der Waals surface area contributed by atoms with Gasteiger partial charge in [-0.1, -0.05) is 42.8 Å².